The number of nitrogens with two attached hydrogens (primary N) is 1. The van der Waals surface area contributed by atoms with Crippen molar-refractivity contribution in [1.29, 1.82) is 0 Å². The molecular formula is C12H13N. The zero-order valence-electron chi connectivity index (χ0n) is 7.53. The average molecular weight is 171 g/mol. The molecule has 2 rings (SSSR count). The van der Waals surface area contributed by atoms with Crippen LogP contribution >= 0.6 is 0 Å². The number of allylic oxidation sites excluding steroid dienone is 1. The van der Waals surface area contributed by atoms with Crippen LogP contribution in [0.3, 0.4) is 0 Å². The summed E-state index contributed by atoms with van der Waals surface area (Å²) in [6.07, 6.45) is 9.53. The number of hydrogen-bond donors (Lipinski definition) is 1. The van der Waals surface area contributed by atoms with Crippen LogP contribution in [0.2, 0.25) is 0 Å². The van der Waals surface area contributed by atoms with Crippen molar-refractivity contribution in [2.75, 3.05) is 6.54 Å². The second kappa shape index (κ2) is 3.58. The first-order chi connectivity index (χ1) is 6.42. The van der Waals surface area contributed by atoms with Crippen LogP contribution in [0.4, 0.5) is 0 Å². The van der Waals surface area contributed by atoms with Gasteiger partial charge in [0.05, 0.1) is 0 Å². The van der Waals surface area contributed by atoms with Crippen molar-refractivity contribution in [2.45, 2.75) is 6.42 Å². The summed E-state index contributed by atoms with van der Waals surface area (Å²) in [5, 5.41) is 0. The quantitative estimate of drug-likeness (QED) is 0.725. The van der Waals surface area contributed by atoms with Crippen molar-refractivity contribution >= 4 is 12.2 Å². The van der Waals surface area contributed by atoms with E-state index in [-0.39, 0.29) is 0 Å². The molecule has 0 unspecified atom stereocenters. The van der Waals surface area contributed by atoms with Crippen molar-refractivity contribution in [3.05, 3.63) is 47.0 Å². The van der Waals surface area contributed by atoms with E-state index in [4.69, 9.17) is 5.73 Å². The van der Waals surface area contributed by atoms with Gasteiger partial charge in [0.15, 0.2) is 0 Å². The third kappa shape index (κ3) is 1.56. The first kappa shape index (κ1) is 8.27. The molecule has 1 aromatic rings. The minimum Gasteiger partial charge on any atom is -0.327 e. The summed E-state index contributed by atoms with van der Waals surface area (Å²) in [6.45, 7) is 0.608. The Hall–Kier alpha value is -1.34. The van der Waals surface area contributed by atoms with Crippen LogP contribution in [0.25, 0.3) is 12.2 Å². The van der Waals surface area contributed by atoms with Gasteiger partial charge in [-0.15, -0.1) is 0 Å². The minimum absolute atomic E-state index is 0.608. The van der Waals surface area contributed by atoms with Crippen molar-refractivity contribution in [1.82, 2.24) is 0 Å². The van der Waals surface area contributed by atoms with Crippen LogP contribution in [0.15, 0.2) is 30.4 Å². The van der Waals surface area contributed by atoms with E-state index in [1.54, 1.807) is 0 Å². The molecule has 0 amide bonds. The fourth-order valence-corrected chi connectivity index (χ4v) is 1.67. The maximum absolute atomic E-state index is 5.42. The van der Waals surface area contributed by atoms with Gasteiger partial charge in [0.25, 0.3) is 0 Å². The second-order valence-electron chi connectivity index (χ2n) is 3.16. The van der Waals surface area contributed by atoms with Gasteiger partial charge in [0.2, 0.25) is 0 Å². The van der Waals surface area contributed by atoms with E-state index in [1.165, 1.54) is 16.7 Å². The van der Waals surface area contributed by atoms with Gasteiger partial charge in [0.1, 0.15) is 0 Å². The minimum atomic E-state index is 0.608. The van der Waals surface area contributed by atoms with E-state index in [1.807, 2.05) is 6.08 Å². The third-order valence-corrected chi connectivity index (χ3v) is 2.30. The Morgan fingerprint density at radius 3 is 3.15 bits per heavy atom. The summed E-state index contributed by atoms with van der Waals surface area (Å²) in [7, 11) is 0. The van der Waals surface area contributed by atoms with E-state index in [0.29, 0.717) is 6.54 Å². The molecule has 1 aromatic carbocycles. The summed E-state index contributed by atoms with van der Waals surface area (Å²) in [4.78, 5) is 0. The smallest absolute Gasteiger partial charge is 0.0110 e. The van der Waals surface area contributed by atoms with Gasteiger partial charge < -0.3 is 5.73 Å². The molecule has 0 saturated heterocycles. The van der Waals surface area contributed by atoms with Crippen LogP contribution in [0, 0.1) is 0 Å². The van der Waals surface area contributed by atoms with Crippen LogP contribution in [-0.4, -0.2) is 6.54 Å². The predicted molar refractivity (Wildman–Crippen MR) is 57.3 cm³/mol. The van der Waals surface area contributed by atoms with Crippen molar-refractivity contribution in [2.24, 2.45) is 5.73 Å². The van der Waals surface area contributed by atoms with Crippen molar-refractivity contribution < 1.29 is 0 Å². The first-order valence-corrected chi connectivity index (χ1v) is 4.57. The molecule has 13 heavy (non-hydrogen) atoms. The lowest BCUT2D eigenvalue weighted by atomic mass is 10.0. The molecule has 1 aliphatic carbocycles. The van der Waals surface area contributed by atoms with Gasteiger partial charge in [-0.05, 0) is 23.1 Å². The molecule has 0 spiro atoms. The SMILES string of the molecule is NCC=Cc1cccc2c1CC=C2. The number of hydrogen-bond acceptors (Lipinski definition) is 1. The van der Waals surface area contributed by atoms with Gasteiger partial charge in [-0.2, -0.15) is 0 Å². The Morgan fingerprint density at radius 2 is 2.31 bits per heavy atom. The Kier molecular flexibility index (Phi) is 2.28. The molecule has 2 N–H and O–H groups in total. The molecular weight excluding hydrogens is 158 g/mol. The van der Waals surface area contributed by atoms with Gasteiger partial charge in [-0.1, -0.05) is 42.5 Å². The molecule has 66 valence electrons. The predicted octanol–water partition coefficient (Wildman–Crippen LogP) is 2.23. The van der Waals surface area contributed by atoms with E-state index in [2.05, 4.69) is 36.4 Å². The Bertz CT molecular complexity index is 361. The van der Waals surface area contributed by atoms with Gasteiger partial charge in [-0.3, -0.25) is 0 Å². The Morgan fingerprint density at radius 1 is 1.38 bits per heavy atom. The summed E-state index contributed by atoms with van der Waals surface area (Å²) >= 11 is 0. The highest BCUT2D eigenvalue weighted by Gasteiger charge is 2.06. The fourth-order valence-electron chi connectivity index (χ4n) is 1.67. The molecule has 0 heterocycles. The number of fused-ring (bicyclic) bond motifs is 1. The molecule has 0 aliphatic heterocycles. The molecule has 0 radical (unpaired) electrons. The van der Waals surface area contributed by atoms with E-state index < -0.39 is 0 Å². The van der Waals surface area contributed by atoms with Crippen LogP contribution in [0.1, 0.15) is 16.7 Å². The van der Waals surface area contributed by atoms with E-state index >= 15 is 0 Å². The van der Waals surface area contributed by atoms with E-state index in [0.717, 1.165) is 6.42 Å². The van der Waals surface area contributed by atoms with Gasteiger partial charge in [0, 0.05) is 6.54 Å². The molecule has 0 fully saturated rings. The lowest BCUT2D eigenvalue weighted by Gasteiger charge is -2.02. The topological polar surface area (TPSA) is 26.0 Å². The standard InChI is InChI=1S/C12H13N/c13-9-3-7-11-5-1-4-10-6-2-8-12(10)11/h1-7H,8-9,13H2. The molecule has 1 heteroatoms. The lowest BCUT2D eigenvalue weighted by Crippen LogP contribution is -1.93. The highest BCUT2D eigenvalue weighted by Crippen LogP contribution is 2.23. The van der Waals surface area contributed by atoms with E-state index in [9.17, 15) is 0 Å². The summed E-state index contributed by atoms with van der Waals surface area (Å²) in [5.41, 5.74) is 9.49. The van der Waals surface area contributed by atoms with Gasteiger partial charge >= 0.3 is 0 Å². The highest BCUT2D eigenvalue weighted by atomic mass is 14.5. The molecule has 1 nitrogen and oxygen atoms in total. The molecule has 0 aromatic heterocycles. The average Bonchev–Trinajstić information content (AvgIpc) is 2.62. The Balaban J connectivity index is 2.38. The van der Waals surface area contributed by atoms with Gasteiger partial charge in [-0.25, -0.2) is 0 Å². The van der Waals surface area contributed by atoms with Crippen LogP contribution in [0.5, 0.6) is 0 Å². The largest absolute Gasteiger partial charge is 0.327 e. The summed E-state index contributed by atoms with van der Waals surface area (Å²) in [5.74, 6) is 0. The Labute approximate surface area is 78.6 Å². The molecule has 0 bridgehead atoms. The zero-order chi connectivity index (χ0) is 9.10. The normalized spacial score (nSPS) is 13.9. The summed E-state index contributed by atoms with van der Waals surface area (Å²) < 4.78 is 0. The van der Waals surface area contributed by atoms with Crippen molar-refractivity contribution in [3.8, 4) is 0 Å². The first-order valence-electron chi connectivity index (χ1n) is 4.57. The summed E-state index contributed by atoms with van der Waals surface area (Å²) in [6, 6.07) is 6.38. The highest BCUT2D eigenvalue weighted by molar-refractivity contribution is 5.68. The maximum Gasteiger partial charge on any atom is 0.0110 e. The monoisotopic (exact) mass is 171 g/mol. The molecule has 1 aliphatic rings. The fraction of sp³-hybridized carbons (Fsp3) is 0.167. The van der Waals surface area contributed by atoms with Crippen LogP contribution in [-0.2, 0) is 6.42 Å². The van der Waals surface area contributed by atoms with Crippen molar-refractivity contribution in [3.63, 3.8) is 0 Å². The number of benzene rings is 1. The molecule has 0 atom stereocenters. The second-order valence-corrected chi connectivity index (χ2v) is 3.16. The lowest BCUT2D eigenvalue weighted by molar-refractivity contribution is 1.25. The maximum atomic E-state index is 5.42. The zero-order valence-corrected chi connectivity index (χ0v) is 7.53. The molecule has 0 saturated carbocycles. The third-order valence-electron chi connectivity index (χ3n) is 2.30. The number of rotatable bonds is 2. The van der Waals surface area contributed by atoms with Crippen LogP contribution < -0.4 is 5.73 Å².